The molecule has 0 amide bonds. The number of hydrogen-bond donors (Lipinski definition) is 1. The molecule has 1 N–H and O–H groups in total. The molecule has 0 spiro atoms. The highest BCUT2D eigenvalue weighted by Gasteiger charge is 2.29. The molecule has 2 heteroatoms. The van der Waals surface area contributed by atoms with Gasteiger partial charge in [0.25, 0.3) is 0 Å². The highest BCUT2D eigenvalue weighted by Crippen LogP contribution is 2.27. The van der Waals surface area contributed by atoms with Crippen LogP contribution in [0.1, 0.15) is 45.1 Å². The Balaban J connectivity index is 1.86. The molecule has 0 saturated heterocycles. The molecule has 17 heavy (non-hydrogen) atoms. The van der Waals surface area contributed by atoms with Crippen LogP contribution in [0.5, 0.6) is 0 Å². The number of rotatable bonds is 5. The number of ether oxygens (including phenoxy) is 1. The van der Waals surface area contributed by atoms with Gasteiger partial charge in [-0.25, -0.2) is 0 Å². The molecule has 2 rings (SSSR count). The molecule has 2 nitrogen and oxygen atoms in total. The third-order valence-electron chi connectivity index (χ3n) is 3.42. The van der Waals surface area contributed by atoms with E-state index in [0.717, 1.165) is 19.4 Å². The Hall–Kier alpha value is -1.02. The molecule has 1 aliphatic carbocycles. The minimum absolute atomic E-state index is 0.478. The zero-order valence-electron chi connectivity index (χ0n) is 11.1. The summed E-state index contributed by atoms with van der Waals surface area (Å²) < 4.78 is 5.57. The van der Waals surface area contributed by atoms with Gasteiger partial charge in [0.15, 0.2) is 0 Å². The molecule has 1 saturated carbocycles. The van der Waals surface area contributed by atoms with Crippen molar-refractivity contribution < 1.29 is 4.74 Å². The number of nitrogens with one attached hydrogen (secondary N) is 1. The molecule has 0 aromatic heterocycles. The first-order valence-corrected chi connectivity index (χ1v) is 6.67. The average molecular weight is 233 g/mol. The van der Waals surface area contributed by atoms with Gasteiger partial charge < -0.3 is 10.1 Å². The van der Waals surface area contributed by atoms with E-state index in [1.54, 1.807) is 0 Å². The lowest BCUT2D eigenvalue weighted by Gasteiger charge is -2.36. The maximum absolute atomic E-state index is 5.57. The number of hydrogen-bond acceptors (Lipinski definition) is 2. The van der Waals surface area contributed by atoms with Crippen LogP contribution in [-0.2, 0) is 4.74 Å². The van der Waals surface area contributed by atoms with Crippen molar-refractivity contribution in [1.29, 1.82) is 0 Å². The minimum atomic E-state index is 0.478. The van der Waals surface area contributed by atoms with E-state index in [0.29, 0.717) is 18.1 Å². The normalized spacial score (nSPS) is 23.5. The van der Waals surface area contributed by atoms with Gasteiger partial charge >= 0.3 is 0 Å². The van der Waals surface area contributed by atoms with Gasteiger partial charge in [0.1, 0.15) is 0 Å². The number of benzene rings is 1. The van der Waals surface area contributed by atoms with Crippen LogP contribution in [-0.4, -0.2) is 18.8 Å². The van der Waals surface area contributed by atoms with E-state index in [9.17, 15) is 0 Å². The van der Waals surface area contributed by atoms with Gasteiger partial charge in [-0.15, -0.1) is 0 Å². The summed E-state index contributed by atoms with van der Waals surface area (Å²) in [5.74, 6) is 0.592. The molecule has 0 bridgehead atoms. The van der Waals surface area contributed by atoms with Crippen LogP contribution in [0.3, 0.4) is 0 Å². The second kappa shape index (κ2) is 5.54. The minimum Gasteiger partial charge on any atom is -0.382 e. The summed E-state index contributed by atoms with van der Waals surface area (Å²) >= 11 is 0. The molecule has 1 aliphatic rings. The fourth-order valence-corrected chi connectivity index (χ4v) is 2.28. The smallest absolute Gasteiger partial charge is 0.0614 e. The SMILES string of the molecule is CCOC1CC(Nc2cccc(C(C)C)c2)C1. The quantitative estimate of drug-likeness (QED) is 0.835. The highest BCUT2D eigenvalue weighted by molar-refractivity contribution is 5.47. The van der Waals surface area contributed by atoms with Crippen molar-refractivity contribution in [3.05, 3.63) is 29.8 Å². The van der Waals surface area contributed by atoms with Crippen molar-refractivity contribution in [3.8, 4) is 0 Å². The summed E-state index contributed by atoms with van der Waals surface area (Å²) in [5, 5.41) is 3.58. The Bertz CT molecular complexity index is 356. The van der Waals surface area contributed by atoms with Gasteiger partial charge in [-0.05, 0) is 43.4 Å². The van der Waals surface area contributed by atoms with Gasteiger partial charge in [0.2, 0.25) is 0 Å². The first-order valence-electron chi connectivity index (χ1n) is 6.67. The van der Waals surface area contributed by atoms with E-state index in [1.165, 1.54) is 11.3 Å². The van der Waals surface area contributed by atoms with E-state index >= 15 is 0 Å². The van der Waals surface area contributed by atoms with E-state index in [-0.39, 0.29) is 0 Å². The van der Waals surface area contributed by atoms with Crippen LogP contribution in [0.25, 0.3) is 0 Å². The molecule has 1 aromatic rings. The maximum Gasteiger partial charge on any atom is 0.0614 e. The summed E-state index contributed by atoms with van der Waals surface area (Å²) in [7, 11) is 0. The van der Waals surface area contributed by atoms with Gasteiger partial charge in [0, 0.05) is 18.3 Å². The fourth-order valence-electron chi connectivity index (χ4n) is 2.28. The lowest BCUT2D eigenvalue weighted by molar-refractivity contribution is 0.00299. The fraction of sp³-hybridized carbons (Fsp3) is 0.600. The second-order valence-electron chi connectivity index (χ2n) is 5.17. The zero-order valence-corrected chi connectivity index (χ0v) is 11.1. The summed E-state index contributed by atoms with van der Waals surface area (Å²) in [6.45, 7) is 7.36. The summed E-state index contributed by atoms with van der Waals surface area (Å²) in [4.78, 5) is 0. The van der Waals surface area contributed by atoms with E-state index < -0.39 is 0 Å². The predicted molar refractivity (Wildman–Crippen MR) is 72.6 cm³/mol. The van der Waals surface area contributed by atoms with Crippen molar-refractivity contribution in [2.75, 3.05) is 11.9 Å². The Morgan fingerprint density at radius 1 is 1.35 bits per heavy atom. The van der Waals surface area contributed by atoms with Crippen molar-refractivity contribution in [2.45, 2.75) is 51.7 Å². The lowest BCUT2D eigenvalue weighted by atomic mass is 9.89. The van der Waals surface area contributed by atoms with Crippen LogP contribution < -0.4 is 5.32 Å². The molecule has 1 aromatic carbocycles. The Kier molecular flexibility index (Phi) is 4.06. The van der Waals surface area contributed by atoms with Gasteiger partial charge in [-0.3, -0.25) is 0 Å². The van der Waals surface area contributed by atoms with Crippen molar-refractivity contribution in [3.63, 3.8) is 0 Å². The van der Waals surface area contributed by atoms with Gasteiger partial charge in [-0.2, -0.15) is 0 Å². The second-order valence-corrected chi connectivity index (χ2v) is 5.17. The van der Waals surface area contributed by atoms with E-state index in [4.69, 9.17) is 4.74 Å². The summed E-state index contributed by atoms with van der Waals surface area (Å²) in [5.41, 5.74) is 2.65. The molecule has 0 aliphatic heterocycles. The molecule has 0 heterocycles. The first-order chi connectivity index (χ1) is 8.19. The first kappa shape index (κ1) is 12.4. The van der Waals surface area contributed by atoms with Crippen LogP contribution in [0.2, 0.25) is 0 Å². The molecule has 1 fully saturated rings. The highest BCUT2D eigenvalue weighted by atomic mass is 16.5. The van der Waals surface area contributed by atoms with Gasteiger partial charge in [0.05, 0.1) is 6.10 Å². The monoisotopic (exact) mass is 233 g/mol. The molecular formula is C15H23NO. The molecule has 0 atom stereocenters. The van der Waals surface area contributed by atoms with Crippen LogP contribution >= 0.6 is 0 Å². The lowest BCUT2D eigenvalue weighted by Crippen LogP contribution is -2.40. The van der Waals surface area contributed by atoms with Crippen LogP contribution in [0.4, 0.5) is 5.69 Å². The summed E-state index contributed by atoms with van der Waals surface area (Å²) in [6.07, 6.45) is 2.75. The molecule has 94 valence electrons. The van der Waals surface area contributed by atoms with E-state index in [2.05, 4.69) is 50.4 Å². The Labute approximate surface area is 104 Å². The standard InChI is InChI=1S/C15H23NO/c1-4-17-15-9-14(10-15)16-13-7-5-6-12(8-13)11(2)3/h5-8,11,14-16H,4,9-10H2,1-3H3. The van der Waals surface area contributed by atoms with Crippen molar-refractivity contribution in [2.24, 2.45) is 0 Å². The number of anilines is 1. The average Bonchev–Trinajstić information content (AvgIpc) is 2.27. The predicted octanol–water partition coefficient (Wildman–Crippen LogP) is 3.79. The van der Waals surface area contributed by atoms with Crippen molar-refractivity contribution in [1.82, 2.24) is 0 Å². The van der Waals surface area contributed by atoms with Crippen LogP contribution in [0.15, 0.2) is 24.3 Å². The molecule has 0 unspecified atom stereocenters. The molecular weight excluding hydrogens is 210 g/mol. The zero-order chi connectivity index (χ0) is 12.3. The maximum atomic E-state index is 5.57. The van der Waals surface area contributed by atoms with Crippen molar-refractivity contribution >= 4 is 5.69 Å². The summed E-state index contributed by atoms with van der Waals surface area (Å²) in [6, 6.07) is 9.34. The van der Waals surface area contributed by atoms with E-state index in [1.807, 2.05) is 0 Å². The Morgan fingerprint density at radius 3 is 2.76 bits per heavy atom. The van der Waals surface area contributed by atoms with Gasteiger partial charge in [-0.1, -0.05) is 26.0 Å². The Morgan fingerprint density at radius 2 is 2.12 bits per heavy atom. The molecule has 0 radical (unpaired) electrons. The topological polar surface area (TPSA) is 21.3 Å². The third-order valence-corrected chi connectivity index (χ3v) is 3.42. The van der Waals surface area contributed by atoms with Crippen LogP contribution in [0, 0.1) is 0 Å². The third kappa shape index (κ3) is 3.22. The largest absolute Gasteiger partial charge is 0.382 e.